The van der Waals surface area contributed by atoms with Crippen molar-refractivity contribution >= 4 is 41.5 Å². The highest BCUT2D eigenvalue weighted by Gasteiger charge is 2.22. The van der Waals surface area contributed by atoms with E-state index in [0.29, 0.717) is 18.4 Å². The summed E-state index contributed by atoms with van der Waals surface area (Å²) >= 11 is 12.2. The van der Waals surface area contributed by atoms with Crippen LogP contribution >= 0.6 is 35.6 Å². The van der Waals surface area contributed by atoms with E-state index in [4.69, 9.17) is 33.3 Å². The molecule has 22 heavy (non-hydrogen) atoms. The van der Waals surface area contributed by atoms with E-state index >= 15 is 0 Å². The summed E-state index contributed by atoms with van der Waals surface area (Å²) in [5, 5.41) is 8.85. The average Bonchev–Trinajstić information content (AvgIpc) is 2.38. The number of rotatable bonds is 6. The summed E-state index contributed by atoms with van der Waals surface area (Å²) in [6, 6.07) is 6.08. The lowest BCUT2D eigenvalue weighted by atomic mass is 9.84. The smallest absolute Gasteiger partial charge is 0.188 e. The van der Waals surface area contributed by atoms with Crippen LogP contribution in [0.25, 0.3) is 0 Å². The molecule has 0 heterocycles. The Kier molecular flexibility index (Phi) is 9.45. The standard InChI is InChI=1S/C17H25Cl2NO.ClH/c1-5-21-16(20)13(7-6-10-18)12-8-9-14(15(19)11-12)17(2,3)4;/h8-9,11,13,20H,5-7,10H2,1-4H3;1H. The van der Waals surface area contributed by atoms with Crippen molar-refractivity contribution in [1.29, 1.82) is 5.41 Å². The zero-order chi connectivity index (χ0) is 16.0. The van der Waals surface area contributed by atoms with E-state index in [1.807, 2.05) is 13.0 Å². The van der Waals surface area contributed by atoms with E-state index in [-0.39, 0.29) is 23.7 Å². The fraction of sp³-hybridized carbons (Fsp3) is 0.588. The fourth-order valence-electron chi connectivity index (χ4n) is 2.34. The van der Waals surface area contributed by atoms with Gasteiger partial charge in [0.1, 0.15) is 0 Å². The van der Waals surface area contributed by atoms with Crippen LogP contribution in [-0.4, -0.2) is 18.4 Å². The number of hydrogen-bond acceptors (Lipinski definition) is 2. The lowest BCUT2D eigenvalue weighted by Gasteiger charge is -2.23. The Morgan fingerprint density at radius 2 is 1.95 bits per heavy atom. The molecular formula is C17H26Cl3NO. The molecule has 1 aromatic carbocycles. The van der Waals surface area contributed by atoms with Gasteiger partial charge in [0.15, 0.2) is 5.90 Å². The monoisotopic (exact) mass is 365 g/mol. The van der Waals surface area contributed by atoms with Gasteiger partial charge in [-0.25, -0.2) is 0 Å². The van der Waals surface area contributed by atoms with Crippen molar-refractivity contribution in [3.05, 3.63) is 34.3 Å². The Hall–Kier alpha value is -0.440. The molecule has 126 valence electrons. The lowest BCUT2D eigenvalue weighted by Crippen LogP contribution is -2.17. The Bertz CT molecular complexity index is 483. The molecule has 1 aromatic rings. The molecule has 1 N–H and O–H groups in total. The first kappa shape index (κ1) is 21.6. The molecule has 0 aliphatic heterocycles. The first-order valence-electron chi connectivity index (χ1n) is 7.38. The predicted molar refractivity (Wildman–Crippen MR) is 99.4 cm³/mol. The Morgan fingerprint density at radius 3 is 2.41 bits per heavy atom. The maximum Gasteiger partial charge on any atom is 0.188 e. The molecule has 1 atom stereocenters. The Morgan fingerprint density at radius 1 is 1.32 bits per heavy atom. The van der Waals surface area contributed by atoms with Crippen LogP contribution in [0.3, 0.4) is 0 Å². The molecule has 2 nitrogen and oxygen atoms in total. The summed E-state index contributed by atoms with van der Waals surface area (Å²) in [4.78, 5) is 0. The molecule has 0 aliphatic carbocycles. The van der Waals surface area contributed by atoms with Crippen molar-refractivity contribution in [2.45, 2.75) is 51.9 Å². The summed E-state index contributed by atoms with van der Waals surface area (Å²) in [5.74, 6) is 0.807. The lowest BCUT2D eigenvalue weighted by molar-refractivity contribution is 0.305. The van der Waals surface area contributed by atoms with E-state index in [1.54, 1.807) is 0 Å². The maximum absolute atomic E-state index is 8.10. The second kappa shape index (κ2) is 9.64. The predicted octanol–water partition coefficient (Wildman–Crippen LogP) is 6.18. The molecule has 0 radical (unpaired) electrons. The van der Waals surface area contributed by atoms with Crippen LogP contribution in [0.2, 0.25) is 5.02 Å². The number of nitrogens with one attached hydrogen (secondary N) is 1. The van der Waals surface area contributed by atoms with Gasteiger partial charge in [0.2, 0.25) is 0 Å². The summed E-state index contributed by atoms with van der Waals surface area (Å²) in [5.41, 5.74) is 2.15. The summed E-state index contributed by atoms with van der Waals surface area (Å²) in [7, 11) is 0. The van der Waals surface area contributed by atoms with Crippen LogP contribution < -0.4 is 0 Å². The van der Waals surface area contributed by atoms with Crippen molar-refractivity contribution in [3.63, 3.8) is 0 Å². The van der Waals surface area contributed by atoms with Gasteiger partial charge in [0.05, 0.1) is 12.5 Å². The van der Waals surface area contributed by atoms with Crippen molar-refractivity contribution in [3.8, 4) is 0 Å². The minimum atomic E-state index is -0.0739. The third-order valence-corrected chi connectivity index (χ3v) is 4.03. The Balaban J connectivity index is 0.00000441. The first-order chi connectivity index (χ1) is 9.81. The van der Waals surface area contributed by atoms with Crippen molar-refractivity contribution in [1.82, 2.24) is 0 Å². The summed E-state index contributed by atoms with van der Waals surface area (Å²) in [6.07, 6.45) is 1.65. The zero-order valence-electron chi connectivity index (χ0n) is 13.7. The molecule has 1 rings (SSSR count). The van der Waals surface area contributed by atoms with Crippen molar-refractivity contribution in [2.75, 3.05) is 12.5 Å². The molecule has 0 bridgehead atoms. The minimum Gasteiger partial charge on any atom is -0.481 e. The largest absolute Gasteiger partial charge is 0.481 e. The summed E-state index contributed by atoms with van der Waals surface area (Å²) in [6.45, 7) is 8.82. The normalized spacial score (nSPS) is 12.5. The molecular weight excluding hydrogens is 341 g/mol. The van der Waals surface area contributed by atoms with Crippen LogP contribution in [-0.2, 0) is 10.2 Å². The van der Waals surface area contributed by atoms with Gasteiger partial charge in [-0.15, -0.1) is 24.0 Å². The first-order valence-corrected chi connectivity index (χ1v) is 8.29. The van der Waals surface area contributed by atoms with E-state index in [9.17, 15) is 0 Å². The molecule has 0 saturated carbocycles. The van der Waals surface area contributed by atoms with E-state index in [0.717, 1.165) is 29.0 Å². The van der Waals surface area contributed by atoms with Gasteiger partial charge in [0.25, 0.3) is 0 Å². The number of hydrogen-bond donors (Lipinski definition) is 1. The van der Waals surface area contributed by atoms with Gasteiger partial charge in [-0.2, -0.15) is 0 Å². The van der Waals surface area contributed by atoms with Gasteiger partial charge in [0, 0.05) is 10.9 Å². The molecule has 0 spiro atoms. The fourth-order valence-corrected chi connectivity index (χ4v) is 2.97. The molecule has 5 heteroatoms. The van der Waals surface area contributed by atoms with Gasteiger partial charge in [-0.05, 0) is 42.4 Å². The van der Waals surface area contributed by atoms with Gasteiger partial charge in [-0.3, -0.25) is 5.41 Å². The van der Waals surface area contributed by atoms with Crippen LogP contribution in [0.5, 0.6) is 0 Å². The molecule has 1 unspecified atom stereocenters. The van der Waals surface area contributed by atoms with Crippen LogP contribution in [0.15, 0.2) is 18.2 Å². The highest BCUT2D eigenvalue weighted by atomic mass is 35.5. The number of halogens is 3. The average molecular weight is 367 g/mol. The molecule has 0 saturated heterocycles. The number of benzene rings is 1. The highest BCUT2D eigenvalue weighted by molar-refractivity contribution is 6.31. The molecule has 0 fully saturated rings. The van der Waals surface area contributed by atoms with Crippen molar-refractivity contribution in [2.24, 2.45) is 0 Å². The van der Waals surface area contributed by atoms with Crippen LogP contribution in [0, 0.1) is 5.41 Å². The Labute approximate surface area is 150 Å². The van der Waals surface area contributed by atoms with Gasteiger partial charge < -0.3 is 4.74 Å². The number of alkyl halides is 1. The molecule has 0 aromatic heterocycles. The molecule has 0 aliphatic rings. The van der Waals surface area contributed by atoms with Crippen LogP contribution in [0.4, 0.5) is 0 Å². The number of ether oxygens (including phenoxy) is 1. The summed E-state index contributed by atoms with van der Waals surface area (Å²) < 4.78 is 5.39. The van der Waals surface area contributed by atoms with E-state index in [1.165, 1.54) is 0 Å². The topological polar surface area (TPSA) is 33.1 Å². The van der Waals surface area contributed by atoms with Crippen molar-refractivity contribution < 1.29 is 4.74 Å². The maximum atomic E-state index is 8.10. The van der Waals surface area contributed by atoms with E-state index < -0.39 is 0 Å². The minimum absolute atomic E-state index is 0. The van der Waals surface area contributed by atoms with Gasteiger partial charge >= 0.3 is 0 Å². The second-order valence-corrected chi connectivity index (χ2v) is 6.96. The highest BCUT2D eigenvalue weighted by Crippen LogP contribution is 2.33. The molecule has 0 amide bonds. The van der Waals surface area contributed by atoms with Gasteiger partial charge in [-0.1, -0.05) is 44.5 Å². The quantitative estimate of drug-likeness (QED) is 0.364. The third-order valence-electron chi connectivity index (χ3n) is 3.45. The van der Waals surface area contributed by atoms with E-state index in [2.05, 4.69) is 32.9 Å². The third kappa shape index (κ3) is 5.98. The SMILES string of the molecule is CCOC(=N)C(CCCCl)c1ccc(C(C)(C)C)c(Cl)c1.Cl. The second-order valence-electron chi connectivity index (χ2n) is 6.17. The zero-order valence-corrected chi connectivity index (χ0v) is 16.0. The van der Waals surface area contributed by atoms with Crippen LogP contribution in [0.1, 0.15) is 57.6 Å².